The minimum atomic E-state index is 0.00888. The summed E-state index contributed by atoms with van der Waals surface area (Å²) in [4.78, 5) is 16.7. The molecular weight excluding hydrogens is 274 g/mol. The van der Waals surface area contributed by atoms with E-state index in [0.29, 0.717) is 24.2 Å². The Morgan fingerprint density at radius 2 is 1.82 bits per heavy atom. The summed E-state index contributed by atoms with van der Waals surface area (Å²) in [5.74, 6) is 0.00888. The number of nitrogens with zero attached hydrogens (tertiary/aromatic N) is 3. The van der Waals surface area contributed by atoms with Gasteiger partial charge in [0.15, 0.2) is 0 Å². The molecule has 4 nitrogen and oxygen atoms in total. The summed E-state index contributed by atoms with van der Waals surface area (Å²) in [6.07, 6.45) is 0. The highest BCUT2D eigenvalue weighted by Crippen LogP contribution is 2.24. The first-order valence-electron chi connectivity index (χ1n) is 7.27. The van der Waals surface area contributed by atoms with Gasteiger partial charge in [-0.3, -0.25) is 4.79 Å². The maximum atomic E-state index is 12.7. The molecule has 1 heterocycles. The minimum absolute atomic E-state index is 0.00888. The Kier molecular flexibility index (Phi) is 3.80. The summed E-state index contributed by atoms with van der Waals surface area (Å²) < 4.78 is 0. The van der Waals surface area contributed by atoms with Gasteiger partial charge in [0.25, 0.3) is 5.91 Å². The molecule has 0 bridgehead atoms. The monoisotopic (exact) mass is 291 g/mol. The van der Waals surface area contributed by atoms with Crippen LogP contribution in [0.25, 0.3) is 0 Å². The van der Waals surface area contributed by atoms with Gasteiger partial charge < -0.3 is 9.80 Å². The Balaban J connectivity index is 1.86. The molecule has 3 rings (SSSR count). The van der Waals surface area contributed by atoms with Crippen molar-refractivity contribution in [3.63, 3.8) is 0 Å². The lowest BCUT2D eigenvalue weighted by molar-refractivity contribution is 0.0752. The van der Waals surface area contributed by atoms with Gasteiger partial charge >= 0.3 is 0 Å². The Morgan fingerprint density at radius 1 is 1.09 bits per heavy atom. The topological polar surface area (TPSA) is 47.3 Å². The SMILES string of the molecule is CN1CCN(C(=O)c2ccc(C#N)cc2)Cc2ccccc21. The quantitative estimate of drug-likeness (QED) is 0.811. The summed E-state index contributed by atoms with van der Waals surface area (Å²) in [5, 5.41) is 8.84. The van der Waals surface area contributed by atoms with Crippen LogP contribution in [0.3, 0.4) is 0 Å². The predicted octanol–water partition coefficient (Wildman–Crippen LogP) is 2.65. The average Bonchev–Trinajstić information content (AvgIpc) is 2.74. The first-order chi connectivity index (χ1) is 10.7. The number of benzene rings is 2. The minimum Gasteiger partial charge on any atom is -0.373 e. The van der Waals surface area contributed by atoms with Crippen LogP contribution in [-0.4, -0.2) is 30.9 Å². The number of rotatable bonds is 1. The normalized spacial score (nSPS) is 14.0. The van der Waals surface area contributed by atoms with Crippen LogP contribution in [0.1, 0.15) is 21.5 Å². The summed E-state index contributed by atoms with van der Waals surface area (Å²) in [5.41, 5.74) is 3.53. The lowest BCUT2D eigenvalue weighted by atomic mass is 10.1. The number of amides is 1. The molecule has 22 heavy (non-hydrogen) atoms. The van der Waals surface area contributed by atoms with E-state index in [-0.39, 0.29) is 5.91 Å². The molecule has 0 spiro atoms. The van der Waals surface area contributed by atoms with Crippen molar-refractivity contribution in [2.75, 3.05) is 25.0 Å². The largest absolute Gasteiger partial charge is 0.373 e. The second kappa shape index (κ2) is 5.90. The molecule has 4 heteroatoms. The summed E-state index contributed by atoms with van der Waals surface area (Å²) >= 11 is 0. The van der Waals surface area contributed by atoms with Crippen LogP contribution in [0.4, 0.5) is 5.69 Å². The number of hydrogen-bond acceptors (Lipinski definition) is 3. The van der Waals surface area contributed by atoms with Gasteiger partial charge in [0.2, 0.25) is 0 Å². The van der Waals surface area contributed by atoms with Gasteiger partial charge in [-0.15, -0.1) is 0 Å². The molecule has 0 aromatic heterocycles. The molecule has 1 aliphatic rings. The average molecular weight is 291 g/mol. The molecule has 110 valence electrons. The van der Waals surface area contributed by atoms with Crippen molar-refractivity contribution in [3.05, 3.63) is 65.2 Å². The Morgan fingerprint density at radius 3 is 2.55 bits per heavy atom. The van der Waals surface area contributed by atoms with E-state index in [2.05, 4.69) is 30.1 Å². The van der Waals surface area contributed by atoms with Gasteiger partial charge in [-0.25, -0.2) is 0 Å². The van der Waals surface area contributed by atoms with Crippen LogP contribution in [-0.2, 0) is 6.54 Å². The van der Waals surface area contributed by atoms with Crippen LogP contribution < -0.4 is 4.90 Å². The zero-order valence-corrected chi connectivity index (χ0v) is 12.5. The van der Waals surface area contributed by atoms with E-state index in [0.717, 1.165) is 12.1 Å². The molecule has 1 amide bonds. The second-order valence-electron chi connectivity index (χ2n) is 5.47. The van der Waals surface area contributed by atoms with Crippen molar-refractivity contribution in [3.8, 4) is 6.07 Å². The molecule has 1 aliphatic heterocycles. The van der Waals surface area contributed by atoms with E-state index in [4.69, 9.17) is 5.26 Å². The fourth-order valence-corrected chi connectivity index (χ4v) is 2.74. The van der Waals surface area contributed by atoms with Crippen LogP contribution in [0.15, 0.2) is 48.5 Å². The van der Waals surface area contributed by atoms with Gasteiger partial charge in [0.05, 0.1) is 11.6 Å². The zero-order chi connectivity index (χ0) is 15.5. The van der Waals surface area contributed by atoms with E-state index in [1.54, 1.807) is 24.3 Å². The number of nitriles is 1. The van der Waals surface area contributed by atoms with Crippen molar-refractivity contribution in [1.29, 1.82) is 5.26 Å². The number of carbonyl (C=O) groups excluding carboxylic acids is 1. The molecule has 0 aliphatic carbocycles. The van der Waals surface area contributed by atoms with E-state index in [1.165, 1.54) is 5.69 Å². The lowest BCUT2D eigenvalue weighted by Gasteiger charge is -2.21. The van der Waals surface area contributed by atoms with E-state index < -0.39 is 0 Å². The van der Waals surface area contributed by atoms with Crippen molar-refractivity contribution in [2.24, 2.45) is 0 Å². The molecule has 0 unspecified atom stereocenters. The third-order valence-corrected chi connectivity index (χ3v) is 4.02. The Labute approximate surface area is 130 Å². The Bertz CT molecular complexity index is 731. The van der Waals surface area contributed by atoms with Crippen LogP contribution in [0, 0.1) is 11.3 Å². The highest BCUT2D eigenvalue weighted by Gasteiger charge is 2.21. The maximum Gasteiger partial charge on any atom is 0.254 e. The predicted molar refractivity (Wildman–Crippen MR) is 85.6 cm³/mol. The summed E-state index contributed by atoms with van der Waals surface area (Å²) in [7, 11) is 2.05. The van der Waals surface area contributed by atoms with Gasteiger partial charge in [-0.05, 0) is 35.9 Å². The van der Waals surface area contributed by atoms with Gasteiger partial charge in [-0.2, -0.15) is 5.26 Å². The smallest absolute Gasteiger partial charge is 0.254 e. The van der Waals surface area contributed by atoms with Crippen LogP contribution in [0.2, 0.25) is 0 Å². The molecule has 0 N–H and O–H groups in total. The van der Waals surface area contributed by atoms with Crippen LogP contribution in [0.5, 0.6) is 0 Å². The van der Waals surface area contributed by atoms with Gasteiger partial charge in [0, 0.05) is 37.9 Å². The van der Waals surface area contributed by atoms with E-state index in [1.807, 2.05) is 17.0 Å². The molecule has 0 fully saturated rings. The highest BCUT2D eigenvalue weighted by atomic mass is 16.2. The number of likely N-dealkylation sites (N-methyl/N-ethyl adjacent to an activating group) is 1. The molecular formula is C18H17N3O. The number of fused-ring (bicyclic) bond motifs is 1. The number of anilines is 1. The molecule has 0 radical (unpaired) electrons. The zero-order valence-electron chi connectivity index (χ0n) is 12.5. The third-order valence-electron chi connectivity index (χ3n) is 4.02. The summed E-state index contributed by atoms with van der Waals surface area (Å²) in [6.45, 7) is 2.10. The lowest BCUT2D eigenvalue weighted by Crippen LogP contribution is -2.34. The fraction of sp³-hybridized carbons (Fsp3) is 0.222. The molecule has 0 atom stereocenters. The number of carbonyl (C=O) groups is 1. The van der Waals surface area contributed by atoms with Crippen LogP contribution >= 0.6 is 0 Å². The first kappa shape index (κ1) is 14.2. The molecule has 0 saturated heterocycles. The van der Waals surface area contributed by atoms with E-state index in [9.17, 15) is 4.79 Å². The molecule has 2 aromatic rings. The Hall–Kier alpha value is -2.80. The maximum absolute atomic E-state index is 12.7. The number of para-hydroxylation sites is 1. The first-order valence-corrected chi connectivity index (χ1v) is 7.27. The highest BCUT2D eigenvalue weighted by molar-refractivity contribution is 5.94. The molecule has 0 saturated carbocycles. The van der Waals surface area contributed by atoms with E-state index >= 15 is 0 Å². The fourth-order valence-electron chi connectivity index (χ4n) is 2.74. The standard InChI is InChI=1S/C18H17N3O/c1-20-10-11-21(13-16-4-2-3-5-17(16)20)18(22)15-8-6-14(12-19)7-9-15/h2-9H,10-11,13H2,1H3. The number of hydrogen-bond donors (Lipinski definition) is 0. The van der Waals surface area contributed by atoms with Crippen molar-refractivity contribution in [2.45, 2.75) is 6.54 Å². The van der Waals surface area contributed by atoms with Crippen molar-refractivity contribution in [1.82, 2.24) is 4.90 Å². The van der Waals surface area contributed by atoms with Gasteiger partial charge in [-0.1, -0.05) is 18.2 Å². The van der Waals surface area contributed by atoms with Crippen molar-refractivity contribution < 1.29 is 4.79 Å². The van der Waals surface area contributed by atoms with Gasteiger partial charge in [0.1, 0.15) is 0 Å². The third kappa shape index (κ3) is 2.66. The molecule has 2 aromatic carbocycles. The van der Waals surface area contributed by atoms with Crippen molar-refractivity contribution >= 4 is 11.6 Å². The summed E-state index contributed by atoms with van der Waals surface area (Å²) in [6, 6.07) is 17.1. The second-order valence-corrected chi connectivity index (χ2v) is 5.47.